The summed E-state index contributed by atoms with van der Waals surface area (Å²) in [7, 11) is 0. The average molecular weight is 272 g/mol. The summed E-state index contributed by atoms with van der Waals surface area (Å²) in [4.78, 5) is 12.3. The Hall–Kier alpha value is -1.83. The average Bonchev–Trinajstić information content (AvgIpc) is 2.86. The molecule has 4 heteroatoms. The highest BCUT2D eigenvalue weighted by molar-refractivity contribution is 5.94. The number of amides is 1. The molecule has 0 aromatic heterocycles. The summed E-state index contributed by atoms with van der Waals surface area (Å²) in [5, 5.41) is 2.98. The third-order valence-electron chi connectivity index (χ3n) is 3.54. The molecule has 1 heterocycles. The highest BCUT2D eigenvalue weighted by Crippen LogP contribution is 2.24. The van der Waals surface area contributed by atoms with E-state index in [-0.39, 0.29) is 17.9 Å². The maximum atomic E-state index is 12.3. The first-order valence-corrected chi connectivity index (χ1v) is 6.84. The normalized spacial score (nSPS) is 21.1. The fourth-order valence-electron chi connectivity index (χ4n) is 2.29. The van der Waals surface area contributed by atoms with Gasteiger partial charge in [0, 0.05) is 17.9 Å². The van der Waals surface area contributed by atoms with Crippen molar-refractivity contribution in [1.29, 1.82) is 0 Å². The number of benzene rings is 1. The Morgan fingerprint density at radius 3 is 3.00 bits per heavy atom. The fourth-order valence-corrected chi connectivity index (χ4v) is 2.29. The number of nitrogens with one attached hydrogen (secondary N) is 1. The molecule has 0 saturated carbocycles. The predicted molar refractivity (Wildman–Crippen MR) is 79.3 cm³/mol. The molecule has 2 atom stereocenters. The predicted octanol–water partition coefficient (Wildman–Crippen LogP) is 1.67. The van der Waals surface area contributed by atoms with Crippen LogP contribution in [0, 0.1) is 24.7 Å². The van der Waals surface area contributed by atoms with E-state index in [4.69, 9.17) is 10.5 Å². The number of hydrogen-bond acceptors (Lipinski definition) is 3. The highest BCUT2D eigenvalue weighted by atomic mass is 16.5. The van der Waals surface area contributed by atoms with Crippen LogP contribution in [0.4, 0.5) is 5.69 Å². The van der Waals surface area contributed by atoms with Crippen LogP contribution in [0.25, 0.3) is 0 Å². The Labute approximate surface area is 119 Å². The summed E-state index contributed by atoms with van der Waals surface area (Å²) in [6.07, 6.45) is 0.758. The summed E-state index contributed by atoms with van der Waals surface area (Å²) in [6, 6.07) is 5.76. The molecule has 2 rings (SSSR count). The van der Waals surface area contributed by atoms with Crippen molar-refractivity contribution in [3.63, 3.8) is 0 Å². The zero-order chi connectivity index (χ0) is 14.5. The van der Waals surface area contributed by atoms with E-state index in [0.717, 1.165) is 23.2 Å². The highest BCUT2D eigenvalue weighted by Gasteiger charge is 2.30. The van der Waals surface area contributed by atoms with Crippen LogP contribution in [0.15, 0.2) is 18.2 Å². The molecular weight excluding hydrogens is 252 g/mol. The number of nitrogens with two attached hydrogens (primary N) is 1. The largest absolute Gasteiger partial charge is 0.378 e. The van der Waals surface area contributed by atoms with Crippen molar-refractivity contribution >= 4 is 11.6 Å². The molecule has 1 aliphatic heterocycles. The number of rotatable bonds is 2. The van der Waals surface area contributed by atoms with Crippen LogP contribution in [0.5, 0.6) is 0 Å². The van der Waals surface area contributed by atoms with Crippen LogP contribution in [0.2, 0.25) is 0 Å². The van der Waals surface area contributed by atoms with Crippen LogP contribution in [0.1, 0.15) is 24.5 Å². The van der Waals surface area contributed by atoms with E-state index >= 15 is 0 Å². The van der Waals surface area contributed by atoms with E-state index < -0.39 is 0 Å². The molecule has 2 unspecified atom stereocenters. The minimum atomic E-state index is -0.0758. The lowest BCUT2D eigenvalue weighted by atomic mass is 10.0. The quantitative estimate of drug-likeness (QED) is 0.805. The van der Waals surface area contributed by atoms with Crippen molar-refractivity contribution in [2.45, 2.75) is 26.4 Å². The van der Waals surface area contributed by atoms with E-state index in [1.807, 2.05) is 32.0 Å². The van der Waals surface area contributed by atoms with Crippen molar-refractivity contribution in [2.75, 3.05) is 18.5 Å². The van der Waals surface area contributed by atoms with Crippen molar-refractivity contribution in [3.8, 4) is 11.8 Å². The summed E-state index contributed by atoms with van der Waals surface area (Å²) in [6.45, 7) is 4.88. The standard InChI is InChI=1S/C16H20N2O2/c1-11-5-6-13(4-3-8-17)10-15(11)18-16(19)14-7-9-20-12(14)2/h5-6,10,12,14H,7-9,17H2,1-2H3,(H,18,19). The number of anilines is 1. The molecule has 4 nitrogen and oxygen atoms in total. The number of carbonyl (C=O) groups is 1. The number of ether oxygens (including phenoxy) is 1. The van der Waals surface area contributed by atoms with Gasteiger partial charge in [0.15, 0.2) is 0 Å². The van der Waals surface area contributed by atoms with Crippen molar-refractivity contribution in [1.82, 2.24) is 0 Å². The Kier molecular flexibility index (Phi) is 4.78. The molecule has 0 radical (unpaired) electrons. The minimum Gasteiger partial charge on any atom is -0.378 e. The lowest BCUT2D eigenvalue weighted by Gasteiger charge is -2.15. The van der Waals surface area contributed by atoms with Gasteiger partial charge in [-0.1, -0.05) is 17.9 Å². The van der Waals surface area contributed by atoms with Crippen LogP contribution in [-0.2, 0) is 9.53 Å². The second kappa shape index (κ2) is 6.56. The molecule has 0 aliphatic carbocycles. The van der Waals surface area contributed by atoms with Gasteiger partial charge in [0.05, 0.1) is 18.6 Å². The van der Waals surface area contributed by atoms with Crippen LogP contribution in [0.3, 0.4) is 0 Å². The molecule has 20 heavy (non-hydrogen) atoms. The molecule has 0 bridgehead atoms. The molecule has 1 aliphatic rings. The van der Waals surface area contributed by atoms with Gasteiger partial charge in [0.25, 0.3) is 0 Å². The van der Waals surface area contributed by atoms with Crippen molar-refractivity contribution in [3.05, 3.63) is 29.3 Å². The van der Waals surface area contributed by atoms with Gasteiger partial charge < -0.3 is 15.8 Å². The molecule has 1 aromatic rings. The van der Waals surface area contributed by atoms with Gasteiger partial charge in [-0.3, -0.25) is 4.79 Å². The van der Waals surface area contributed by atoms with Crippen LogP contribution in [-0.4, -0.2) is 25.2 Å². The monoisotopic (exact) mass is 272 g/mol. The minimum absolute atomic E-state index is 0.0158. The van der Waals surface area contributed by atoms with Gasteiger partial charge >= 0.3 is 0 Å². The molecule has 1 saturated heterocycles. The first-order valence-electron chi connectivity index (χ1n) is 6.84. The second-order valence-corrected chi connectivity index (χ2v) is 5.00. The Morgan fingerprint density at radius 1 is 1.55 bits per heavy atom. The second-order valence-electron chi connectivity index (χ2n) is 5.00. The topological polar surface area (TPSA) is 64.3 Å². The van der Waals surface area contributed by atoms with E-state index in [0.29, 0.717) is 13.2 Å². The Balaban J connectivity index is 2.13. The molecule has 1 fully saturated rings. The van der Waals surface area contributed by atoms with E-state index in [9.17, 15) is 4.79 Å². The van der Waals surface area contributed by atoms with Gasteiger partial charge in [0.2, 0.25) is 5.91 Å². The SMILES string of the molecule is Cc1ccc(C#CCN)cc1NC(=O)C1CCOC1C. The number of aryl methyl sites for hydroxylation is 1. The van der Waals surface area contributed by atoms with E-state index in [1.165, 1.54) is 0 Å². The van der Waals surface area contributed by atoms with Gasteiger partial charge in [-0.15, -0.1) is 0 Å². The maximum Gasteiger partial charge on any atom is 0.230 e. The summed E-state index contributed by atoms with van der Waals surface area (Å²) < 4.78 is 5.43. The van der Waals surface area contributed by atoms with Gasteiger partial charge in [-0.2, -0.15) is 0 Å². The fraction of sp³-hybridized carbons (Fsp3) is 0.438. The van der Waals surface area contributed by atoms with Crippen molar-refractivity contribution in [2.24, 2.45) is 11.7 Å². The zero-order valence-corrected chi connectivity index (χ0v) is 11.9. The lowest BCUT2D eigenvalue weighted by Crippen LogP contribution is -2.28. The first kappa shape index (κ1) is 14.6. The van der Waals surface area contributed by atoms with Gasteiger partial charge in [-0.25, -0.2) is 0 Å². The zero-order valence-electron chi connectivity index (χ0n) is 11.9. The van der Waals surface area contributed by atoms with E-state index in [2.05, 4.69) is 17.2 Å². The Morgan fingerprint density at radius 2 is 2.35 bits per heavy atom. The lowest BCUT2D eigenvalue weighted by molar-refractivity contribution is -0.121. The maximum absolute atomic E-state index is 12.3. The van der Waals surface area contributed by atoms with E-state index in [1.54, 1.807) is 0 Å². The molecule has 106 valence electrons. The number of hydrogen-bond donors (Lipinski definition) is 2. The van der Waals surface area contributed by atoms with Gasteiger partial charge in [-0.05, 0) is 38.0 Å². The summed E-state index contributed by atoms with van der Waals surface area (Å²) in [5.74, 6) is 5.72. The first-order chi connectivity index (χ1) is 9.61. The van der Waals surface area contributed by atoms with Crippen LogP contribution >= 0.6 is 0 Å². The van der Waals surface area contributed by atoms with Crippen molar-refractivity contribution < 1.29 is 9.53 Å². The third kappa shape index (κ3) is 3.38. The number of carbonyl (C=O) groups excluding carboxylic acids is 1. The summed E-state index contributed by atoms with van der Waals surface area (Å²) in [5.41, 5.74) is 8.04. The molecule has 3 N–H and O–H groups in total. The molecular formula is C16H20N2O2. The molecule has 1 amide bonds. The van der Waals surface area contributed by atoms with Gasteiger partial charge in [0.1, 0.15) is 0 Å². The summed E-state index contributed by atoms with van der Waals surface area (Å²) >= 11 is 0. The third-order valence-corrected chi connectivity index (χ3v) is 3.54. The van der Waals surface area contributed by atoms with Crippen LogP contribution < -0.4 is 11.1 Å². The Bertz CT molecular complexity index is 557. The molecule has 0 spiro atoms. The smallest absolute Gasteiger partial charge is 0.230 e. The molecule has 1 aromatic carbocycles.